The van der Waals surface area contributed by atoms with Crippen LogP contribution in [0.25, 0.3) is 0 Å². The first-order chi connectivity index (χ1) is 7.57. The van der Waals surface area contributed by atoms with E-state index in [1.54, 1.807) is 0 Å². The van der Waals surface area contributed by atoms with Crippen LogP contribution in [0.15, 0.2) is 0 Å². The van der Waals surface area contributed by atoms with Gasteiger partial charge >= 0.3 is 0 Å². The number of carboxylic acids is 2. The van der Waals surface area contributed by atoms with Crippen LogP contribution < -0.4 is 21.5 Å². The van der Waals surface area contributed by atoms with Gasteiger partial charge in [-0.2, -0.15) is 0 Å². The van der Waals surface area contributed by atoms with Gasteiger partial charge in [0, 0.05) is 6.04 Å². The predicted molar refractivity (Wildman–Crippen MR) is 53.4 cm³/mol. The van der Waals surface area contributed by atoms with Gasteiger partial charge in [0.2, 0.25) is 0 Å². The van der Waals surface area contributed by atoms with Crippen molar-refractivity contribution in [2.75, 3.05) is 0 Å². The molecule has 0 bridgehead atoms. The second kappa shape index (κ2) is 9.11. The number of hydrazine groups is 1. The Labute approximate surface area is 94.8 Å². The van der Waals surface area contributed by atoms with Crippen molar-refractivity contribution in [3.05, 3.63) is 0 Å². The van der Waals surface area contributed by atoms with E-state index < -0.39 is 11.9 Å². The molecule has 0 saturated heterocycles. The summed E-state index contributed by atoms with van der Waals surface area (Å²) in [6.07, 6.45) is 9.49. The number of nitrogens with one attached hydrogen (secondary N) is 1. The predicted octanol–water partition coefficient (Wildman–Crippen LogP) is -1.95. The summed E-state index contributed by atoms with van der Waals surface area (Å²) in [7, 11) is 0. The van der Waals surface area contributed by atoms with E-state index in [2.05, 4.69) is 5.43 Å². The van der Waals surface area contributed by atoms with Gasteiger partial charge in [-0.1, -0.05) is 32.1 Å². The number of carboxylic acid groups (broad SMARTS) is 2. The molecule has 1 aliphatic carbocycles. The van der Waals surface area contributed by atoms with Crippen LogP contribution in [0, 0.1) is 0 Å². The Bertz CT molecular complexity index is 201. The lowest BCUT2D eigenvalue weighted by Crippen LogP contribution is -2.42. The SMILES string of the molecule is NNC1CCCCCCC1.O=C([O-])C(=O)[O-]. The number of rotatable bonds is 1. The van der Waals surface area contributed by atoms with Gasteiger partial charge in [0.1, 0.15) is 0 Å². The minimum Gasteiger partial charge on any atom is -0.543 e. The summed E-state index contributed by atoms with van der Waals surface area (Å²) in [5.74, 6) is 1.00. The second-order valence-electron chi connectivity index (χ2n) is 3.78. The Kier molecular flexibility index (Phi) is 8.46. The van der Waals surface area contributed by atoms with Crippen molar-refractivity contribution in [1.29, 1.82) is 0 Å². The van der Waals surface area contributed by atoms with E-state index >= 15 is 0 Å². The molecule has 1 fully saturated rings. The Morgan fingerprint density at radius 1 is 0.938 bits per heavy atom. The summed E-state index contributed by atoms with van der Waals surface area (Å²) in [5.41, 5.74) is 2.87. The molecule has 0 unspecified atom stereocenters. The molecule has 16 heavy (non-hydrogen) atoms. The highest BCUT2D eigenvalue weighted by Gasteiger charge is 2.07. The minimum absolute atomic E-state index is 0.597. The number of hydrogen-bond acceptors (Lipinski definition) is 6. The fourth-order valence-corrected chi connectivity index (χ4v) is 1.62. The molecule has 0 aromatic heterocycles. The number of nitrogens with two attached hydrogens (primary N) is 1. The van der Waals surface area contributed by atoms with E-state index in [9.17, 15) is 0 Å². The van der Waals surface area contributed by atoms with Gasteiger partial charge in [-0.15, -0.1) is 0 Å². The first-order valence-electron chi connectivity index (χ1n) is 5.46. The molecule has 1 saturated carbocycles. The number of carbonyl (C=O) groups is 2. The summed E-state index contributed by atoms with van der Waals surface area (Å²) in [4.78, 5) is 17.9. The molecule has 0 aromatic rings. The molecule has 1 rings (SSSR count). The molecule has 0 atom stereocenters. The smallest absolute Gasteiger partial charge is 0.0870 e. The van der Waals surface area contributed by atoms with E-state index in [0.29, 0.717) is 6.04 Å². The van der Waals surface area contributed by atoms with E-state index in [1.807, 2.05) is 0 Å². The number of aliphatic carboxylic acids is 2. The summed E-state index contributed by atoms with van der Waals surface area (Å²) < 4.78 is 0. The molecular formula is C10H18N2O4-2. The van der Waals surface area contributed by atoms with Crippen LogP contribution in [-0.2, 0) is 9.59 Å². The minimum atomic E-state index is -2.19. The van der Waals surface area contributed by atoms with Gasteiger partial charge in [0.05, 0.1) is 11.9 Å². The zero-order chi connectivity index (χ0) is 12.4. The molecule has 0 spiro atoms. The highest BCUT2D eigenvalue weighted by Crippen LogP contribution is 2.16. The molecule has 0 heterocycles. The van der Waals surface area contributed by atoms with E-state index in [1.165, 1.54) is 44.9 Å². The van der Waals surface area contributed by atoms with Crippen LogP contribution in [0.5, 0.6) is 0 Å². The normalized spacial score (nSPS) is 17.6. The third-order valence-electron chi connectivity index (χ3n) is 2.51. The van der Waals surface area contributed by atoms with Gasteiger partial charge in [-0.05, 0) is 12.8 Å². The van der Waals surface area contributed by atoms with Crippen LogP contribution in [0.2, 0.25) is 0 Å². The average Bonchev–Trinajstić information content (AvgIpc) is 2.18. The zero-order valence-corrected chi connectivity index (χ0v) is 9.24. The van der Waals surface area contributed by atoms with Crippen molar-refractivity contribution >= 4 is 11.9 Å². The van der Waals surface area contributed by atoms with E-state index in [-0.39, 0.29) is 0 Å². The molecule has 6 nitrogen and oxygen atoms in total. The Morgan fingerprint density at radius 2 is 1.31 bits per heavy atom. The van der Waals surface area contributed by atoms with Gasteiger partial charge < -0.3 is 19.8 Å². The largest absolute Gasteiger partial charge is 0.543 e. The summed E-state index contributed by atoms with van der Waals surface area (Å²) >= 11 is 0. The summed E-state index contributed by atoms with van der Waals surface area (Å²) in [6, 6.07) is 0.597. The molecule has 0 amide bonds. The van der Waals surface area contributed by atoms with E-state index in [4.69, 9.17) is 25.6 Å². The molecule has 3 N–H and O–H groups in total. The third-order valence-corrected chi connectivity index (χ3v) is 2.51. The summed E-state index contributed by atoms with van der Waals surface area (Å²) in [6.45, 7) is 0. The zero-order valence-electron chi connectivity index (χ0n) is 9.24. The average molecular weight is 230 g/mol. The third kappa shape index (κ3) is 8.19. The highest BCUT2D eigenvalue weighted by molar-refractivity contribution is 6.25. The molecule has 6 heteroatoms. The van der Waals surface area contributed by atoms with Gasteiger partial charge in [0.15, 0.2) is 0 Å². The van der Waals surface area contributed by atoms with Crippen LogP contribution >= 0.6 is 0 Å². The second-order valence-corrected chi connectivity index (χ2v) is 3.78. The Balaban J connectivity index is 0.000000325. The van der Waals surface area contributed by atoms with Crippen molar-refractivity contribution in [1.82, 2.24) is 5.43 Å². The molecule has 0 aromatic carbocycles. The maximum Gasteiger partial charge on any atom is 0.0870 e. The van der Waals surface area contributed by atoms with Gasteiger partial charge in [0.25, 0.3) is 0 Å². The van der Waals surface area contributed by atoms with Crippen molar-refractivity contribution in [2.45, 2.75) is 51.0 Å². The lowest BCUT2D eigenvalue weighted by atomic mass is 9.97. The molecular weight excluding hydrogens is 212 g/mol. The maximum atomic E-state index is 8.93. The van der Waals surface area contributed by atoms with Crippen LogP contribution in [-0.4, -0.2) is 18.0 Å². The quantitative estimate of drug-likeness (QED) is 0.307. The molecule has 0 aliphatic heterocycles. The molecule has 0 radical (unpaired) electrons. The van der Waals surface area contributed by atoms with Crippen LogP contribution in [0.3, 0.4) is 0 Å². The molecule has 94 valence electrons. The Hall–Kier alpha value is -1.14. The van der Waals surface area contributed by atoms with Crippen molar-refractivity contribution in [2.24, 2.45) is 5.84 Å². The van der Waals surface area contributed by atoms with E-state index in [0.717, 1.165) is 0 Å². The Morgan fingerprint density at radius 3 is 1.62 bits per heavy atom. The lowest BCUT2D eigenvalue weighted by Gasteiger charge is -2.17. The fraction of sp³-hybridized carbons (Fsp3) is 0.800. The highest BCUT2D eigenvalue weighted by atomic mass is 16.4. The number of hydrogen-bond donors (Lipinski definition) is 2. The summed E-state index contributed by atoms with van der Waals surface area (Å²) in [5, 5.41) is 17.9. The van der Waals surface area contributed by atoms with Crippen molar-refractivity contribution in [3.63, 3.8) is 0 Å². The first-order valence-corrected chi connectivity index (χ1v) is 5.46. The van der Waals surface area contributed by atoms with Gasteiger partial charge in [-0.3, -0.25) is 11.3 Å². The first kappa shape index (κ1) is 14.9. The number of carbonyl (C=O) groups excluding carboxylic acids is 2. The van der Waals surface area contributed by atoms with Crippen molar-refractivity contribution in [3.8, 4) is 0 Å². The van der Waals surface area contributed by atoms with Crippen molar-refractivity contribution < 1.29 is 19.8 Å². The van der Waals surface area contributed by atoms with Crippen LogP contribution in [0.4, 0.5) is 0 Å². The lowest BCUT2D eigenvalue weighted by molar-refractivity contribution is -0.345. The fourth-order valence-electron chi connectivity index (χ4n) is 1.62. The topological polar surface area (TPSA) is 118 Å². The molecule has 1 aliphatic rings. The van der Waals surface area contributed by atoms with Gasteiger partial charge in [-0.25, -0.2) is 0 Å². The van der Waals surface area contributed by atoms with Crippen LogP contribution in [0.1, 0.15) is 44.9 Å². The maximum absolute atomic E-state index is 8.93. The monoisotopic (exact) mass is 230 g/mol. The standard InChI is InChI=1S/C8H18N2.C2H2O4/c9-10-8-6-4-2-1-3-5-7-8;3-1(4)2(5)6/h8,10H,1-7,9H2;(H,3,4)(H,5,6)/p-2.